The fraction of sp³-hybridized carbons (Fsp3) is 0.476. The van der Waals surface area contributed by atoms with Crippen LogP contribution in [0.15, 0.2) is 29.3 Å². The van der Waals surface area contributed by atoms with Crippen molar-refractivity contribution in [1.29, 1.82) is 0 Å². The van der Waals surface area contributed by atoms with Crippen molar-refractivity contribution in [3.8, 4) is 0 Å². The molecule has 1 heterocycles. The molecule has 2 aromatic rings. The molecule has 1 aromatic carbocycles. The molecule has 164 valence electrons. The van der Waals surface area contributed by atoms with Crippen LogP contribution in [0.1, 0.15) is 39.3 Å². The number of benzene rings is 1. The number of hydrogen-bond donors (Lipinski definition) is 3. The molecule has 0 fully saturated rings. The van der Waals surface area contributed by atoms with Gasteiger partial charge in [-0.3, -0.25) is 0 Å². The summed E-state index contributed by atoms with van der Waals surface area (Å²) in [5, 5.41) is 7.31. The van der Waals surface area contributed by atoms with Crippen molar-refractivity contribution in [2.24, 2.45) is 10.7 Å². The van der Waals surface area contributed by atoms with Gasteiger partial charge in [0.05, 0.1) is 10.0 Å². The molecule has 0 unspecified atom stereocenters. The van der Waals surface area contributed by atoms with Crippen LogP contribution in [0.2, 0.25) is 10.0 Å². The molecular formula is C21H31Cl2N7. The van der Waals surface area contributed by atoms with Gasteiger partial charge in [-0.15, -0.1) is 0 Å². The number of aromatic nitrogens is 2. The maximum atomic E-state index is 6.03. The smallest absolute Gasteiger partial charge is 0.254 e. The first-order valence-electron chi connectivity index (χ1n) is 10.2. The molecule has 1 atom stereocenters. The van der Waals surface area contributed by atoms with Crippen LogP contribution in [-0.4, -0.2) is 46.5 Å². The summed E-state index contributed by atoms with van der Waals surface area (Å²) in [5.74, 6) is 1.19. The molecule has 0 aliphatic rings. The van der Waals surface area contributed by atoms with Gasteiger partial charge in [-0.05, 0) is 64.5 Å². The number of aryl methyl sites for hydroxylation is 1. The number of nitrogens with zero attached hydrogens (tertiary/aromatic N) is 4. The van der Waals surface area contributed by atoms with E-state index < -0.39 is 0 Å². The van der Waals surface area contributed by atoms with Gasteiger partial charge in [0.15, 0.2) is 0 Å². The lowest BCUT2D eigenvalue weighted by molar-refractivity contribution is 0.295. The van der Waals surface area contributed by atoms with E-state index in [0.717, 1.165) is 44.0 Å². The minimum absolute atomic E-state index is 0.164. The molecule has 0 saturated carbocycles. The number of aliphatic imine (C=N–C) groups is 1. The predicted molar refractivity (Wildman–Crippen MR) is 128 cm³/mol. The van der Waals surface area contributed by atoms with Crippen LogP contribution in [0.4, 0.5) is 17.5 Å². The summed E-state index contributed by atoms with van der Waals surface area (Å²) >= 11 is 12.0. The van der Waals surface area contributed by atoms with E-state index in [2.05, 4.69) is 51.3 Å². The lowest BCUT2D eigenvalue weighted by Crippen LogP contribution is -2.25. The molecule has 0 spiro atoms. The molecule has 7 nitrogen and oxygen atoms in total. The van der Waals surface area contributed by atoms with Gasteiger partial charge in [-0.1, -0.05) is 37.0 Å². The van der Waals surface area contributed by atoms with Gasteiger partial charge in [-0.2, -0.15) is 9.98 Å². The highest BCUT2D eigenvalue weighted by Gasteiger charge is 2.08. The van der Waals surface area contributed by atoms with Gasteiger partial charge in [0.1, 0.15) is 5.82 Å². The zero-order valence-corrected chi connectivity index (χ0v) is 19.6. The number of rotatable bonds is 10. The second-order valence-corrected chi connectivity index (χ2v) is 7.97. The SMILES string of the molecule is CCN(CC)CCC[C@H](C)Nc1cc(C)nc(N=C(N)Nc2ccc(Cl)c(Cl)c2)n1. The van der Waals surface area contributed by atoms with Gasteiger partial charge in [0.2, 0.25) is 5.96 Å². The van der Waals surface area contributed by atoms with Crippen LogP contribution >= 0.6 is 23.2 Å². The molecule has 2 rings (SSSR count). The summed E-state index contributed by atoms with van der Waals surface area (Å²) in [5.41, 5.74) is 7.49. The third kappa shape index (κ3) is 7.97. The van der Waals surface area contributed by atoms with E-state index in [0.29, 0.717) is 21.8 Å². The third-order valence-electron chi connectivity index (χ3n) is 4.66. The Morgan fingerprint density at radius 2 is 1.90 bits per heavy atom. The maximum Gasteiger partial charge on any atom is 0.254 e. The van der Waals surface area contributed by atoms with Gasteiger partial charge in [-0.25, -0.2) is 4.98 Å². The molecule has 0 aliphatic carbocycles. The normalized spacial score (nSPS) is 12.8. The number of anilines is 2. The van der Waals surface area contributed by atoms with E-state index in [1.165, 1.54) is 0 Å². The Hall–Kier alpha value is -2.09. The zero-order valence-electron chi connectivity index (χ0n) is 18.0. The van der Waals surface area contributed by atoms with E-state index in [-0.39, 0.29) is 11.9 Å². The standard InChI is InChI=1S/C21H31Cl2N7/c1-5-30(6-2)11-7-8-14(3)25-19-12-15(4)26-21(28-19)29-20(24)27-16-9-10-17(22)18(23)13-16/h9-10,12-14H,5-8,11H2,1-4H3,(H4,24,25,26,27,28,29)/t14-/m0/s1. The van der Waals surface area contributed by atoms with Crippen molar-refractivity contribution in [2.75, 3.05) is 30.3 Å². The fourth-order valence-corrected chi connectivity index (χ4v) is 3.32. The molecule has 0 radical (unpaired) electrons. The highest BCUT2D eigenvalue weighted by Crippen LogP contribution is 2.25. The van der Waals surface area contributed by atoms with Gasteiger partial charge in [0.25, 0.3) is 5.95 Å². The Morgan fingerprint density at radius 3 is 2.57 bits per heavy atom. The van der Waals surface area contributed by atoms with E-state index in [4.69, 9.17) is 28.9 Å². The first kappa shape index (κ1) is 24.2. The van der Waals surface area contributed by atoms with E-state index in [1.807, 2.05) is 13.0 Å². The van der Waals surface area contributed by atoms with Crippen molar-refractivity contribution in [1.82, 2.24) is 14.9 Å². The van der Waals surface area contributed by atoms with Crippen LogP contribution in [0.3, 0.4) is 0 Å². The predicted octanol–water partition coefficient (Wildman–Crippen LogP) is 5.07. The first-order chi connectivity index (χ1) is 14.3. The summed E-state index contributed by atoms with van der Waals surface area (Å²) in [6, 6.07) is 7.32. The number of nitrogens with one attached hydrogen (secondary N) is 2. The topological polar surface area (TPSA) is 91.5 Å². The Bertz CT molecular complexity index is 853. The van der Waals surface area contributed by atoms with Crippen LogP contribution in [0.5, 0.6) is 0 Å². The summed E-state index contributed by atoms with van der Waals surface area (Å²) in [6.07, 6.45) is 2.19. The van der Waals surface area contributed by atoms with Gasteiger partial charge >= 0.3 is 0 Å². The zero-order chi connectivity index (χ0) is 22.1. The van der Waals surface area contributed by atoms with Crippen LogP contribution in [-0.2, 0) is 0 Å². The molecule has 4 N–H and O–H groups in total. The molecule has 0 aliphatic heterocycles. The second-order valence-electron chi connectivity index (χ2n) is 7.16. The largest absolute Gasteiger partial charge is 0.369 e. The highest BCUT2D eigenvalue weighted by molar-refractivity contribution is 6.42. The number of guanidine groups is 1. The average molecular weight is 452 g/mol. The molecular weight excluding hydrogens is 421 g/mol. The molecule has 30 heavy (non-hydrogen) atoms. The van der Waals surface area contributed by atoms with E-state index in [9.17, 15) is 0 Å². The van der Waals surface area contributed by atoms with Crippen LogP contribution < -0.4 is 16.4 Å². The molecule has 0 bridgehead atoms. The monoisotopic (exact) mass is 451 g/mol. The van der Waals surface area contributed by atoms with E-state index in [1.54, 1.807) is 18.2 Å². The second kappa shape index (κ2) is 11.9. The summed E-state index contributed by atoms with van der Waals surface area (Å²) < 4.78 is 0. The Kier molecular flexibility index (Phi) is 9.62. The summed E-state index contributed by atoms with van der Waals surface area (Å²) in [7, 11) is 0. The number of halogens is 2. The highest BCUT2D eigenvalue weighted by atomic mass is 35.5. The Balaban J connectivity index is 1.99. The fourth-order valence-electron chi connectivity index (χ4n) is 3.02. The summed E-state index contributed by atoms with van der Waals surface area (Å²) in [6.45, 7) is 11.7. The lowest BCUT2D eigenvalue weighted by atomic mass is 10.1. The molecule has 0 saturated heterocycles. The maximum absolute atomic E-state index is 6.03. The Morgan fingerprint density at radius 1 is 1.17 bits per heavy atom. The number of hydrogen-bond acceptors (Lipinski definition) is 5. The minimum Gasteiger partial charge on any atom is -0.369 e. The van der Waals surface area contributed by atoms with Crippen molar-refractivity contribution < 1.29 is 0 Å². The van der Waals surface area contributed by atoms with Crippen molar-refractivity contribution in [3.63, 3.8) is 0 Å². The average Bonchev–Trinajstić information content (AvgIpc) is 2.67. The summed E-state index contributed by atoms with van der Waals surface area (Å²) in [4.78, 5) is 15.5. The van der Waals surface area contributed by atoms with Crippen molar-refractivity contribution in [3.05, 3.63) is 40.0 Å². The quantitative estimate of drug-likeness (QED) is 0.344. The van der Waals surface area contributed by atoms with Crippen molar-refractivity contribution >= 4 is 46.6 Å². The van der Waals surface area contributed by atoms with Crippen LogP contribution in [0, 0.1) is 6.92 Å². The first-order valence-corrected chi connectivity index (χ1v) is 11.0. The Labute approximate surface area is 189 Å². The van der Waals surface area contributed by atoms with E-state index >= 15 is 0 Å². The molecule has 1 aromatic heterocycles. The number of nitrogens with two attached hydrogens (primary N) is 1. The minimum atomic E-state index is 0.164. The lowest BCUT2D eigenvalue weighted by Gasteiger charge is -2.20. The molecule has 0 amide bonds. The van der Waals surface area contributed by atoms with Crippen molar-refractivity contribution in [2.45, 2.75) is 46.6 Å². The van der Waals surface area contributed by atoms with Gasteiger partial charge < -0.3 is 21.3 Å². The third-order valence-corrected chi connectivity index (χ3v) is 5.39. The van der Waals surface area contributed by atoms with Crippen LogP contribution in [0.25, 0.3) is 0 Å². The van der Waals surface area contributed by atoms with Gasteiger partial charge in [0, 0.05) is 23.5 Å². The molecule has 9 heteroatoms.